The minimum atomic E-state index is -1.13. The molecule has 2 rings (SSSR count). The number of nitro benzene ring substituents is 1. The first kappa shape index (κ1) is 13.6. The van der Waals surface area contributed by atoms with Crippen molar-refractivity contribution in [3.63, 3.8) is 0 Å². The van der Waals surface area contributed by atoms with Crippen molar-refractivity contribution in [2.75, 3.05) is 11.9 Å². The lowest BCUT2D eigenvalue weighted by molar-refractivity contribution is -0.384. The van der Waals surface area contributed by atoms with E-state index in [4.69, 9.17) is 9.52 Å². The zero-order valence-electron chi connectivity index (χ0n) is 10.4. The lowest BCUT2D eigenvalue weighted by Gasteiger charge is -2.07. The van der Waals surface area contributed by atoms with E-state index in [1.807, 2.05) is 0 Å². The van der Waals surface area contributed by atoms with Gasteiger partial charge in [0.25, 0.3) is 5.69 Å². The zero-order chi connectivity index (χ0) is 14.5. The van der Waals surface area contributed by atoms with Crippen molar-refractivity contribution in [3.8, 4) is 0 Å². The fourth-order valence-electron chi connectivity index (χ4n) is 1.75. The lowest BCUT2D eigenvalue weighted by Crippen LogP contribution is -2.08. The minimum absolute atomic E-state index is 0.00361. The van der Waals surface area contributed by atoms with E-state index >= 15 is 0 Å². The van der Waals surface area contributed by atoms with Crippen molar-refractivity contribution < 1.29 is 19.2 Å². The molecule has 7 nitrogen and oxygen atoms in total. The van der Waals surface area contributed by atoms with Crippen LogP contribution in [-0.2, 0) is 6.42 Å². The number of rotatable bonds is 6. The minimum Gasteiger partial charge on any atom is -0.478 e. The summed E-state index contributed by atoms with van der Waals surface area (Å²) < 4.78 is 5.14. The molecule has 0 saturated heterocycles. The van der Waals surface area contributed by atoms with Crippen LogP contribution in [0, 0.1) is 10.1 Å². The van der Waals surface area contributed by atoms with Gasteiger partial charge in [0.05, 0.1) is 16.7 Å². The van der Waals surface area contributed by atoms with Gasteiger partial charge in [-0.3, -0.25) is 10.1 Å². The molecule has 0 amide bonds. The van der Waals surface area contributed by atoms with Gasteiger partial charge in [-0.2, -0.15) is 0 Å². The van der Waals surface area contributed by atoms with Crippen LogP contribution in [0.5, 0.6) is 0 Å². The molecular weight excluding hydrogens is 264 g/mol. The average Bonchev–Trinajstić information content (AvgIpc) is 2.91. The summed E-state index contributed by atoms with van der Waals surface area (Å²) in [5, 5.41) is 22.7. The highest BCUT2D eigenvalue weighted by Gasteiger charge is 2.16. The Hall–Kier alpha value is -2.83. The number of benzene rings is 1. The highest BCUT2D eigenvalue weighted by Crippen LogP contribution is 2.25. The van der Waals surface area contributed by atoms with Crippen LogP contribution in [0.3, 0.4) is 0 Å². The predicted octanol–water partition coefficient (Wildman–Crippen LogP) is 2.54. The summed E-state index contributed by atoms with van der Waals surface area (Å²) >= 11 is 0. The largest absolute Gasteiger partial charge is 0.478 e. The third kappa shape index (κ3) is 3.14. The van der Waals surface area contributed by atoms with E-state index in [-0.39, 0.29) is 16.9 Å². The number of hydrogen-bond acceptors (Lipinski definition) is 5. The molecule has 0 aliphatic heterocycles. The molecule has 0 aliphatic carbocycles. The molecule has 1 aromatic carbocycles. The van der Waals surface area contributed by atoms with Gasteiger partial charge in [0.1, 0.15) is 11.4 Å². The molecule has 20 heavy (non-hydrogen) atoms. The Labute approximate surface area is 114 Å². The molecule has 0 aliphatic rings. The molecule has 0 saturated carbocycles. The van der Waals surface area contributed by atoms with Gasteiger partial charge in [-0.15, -0.1) is 0 Å². The maximum Gasteiger partial charge on any atom is 0.335 e. The first-order chi connectivity index (χ1) is 9.58. The summed E-state index contributed by atoms with van der Waals surface area (Å²) in [6.07, 6.45) is 2.09. The first-order valence-corrected chi connectivity index (χ1v) is 5.86. The van der Waals surface area contributed by atoms with Gasteiger partial charge in [-0.05, 0) is 24.3 Å². The van der Waals surface area contributed by atoms with Crippen LogP contribution in [-0.4, -0.2) is 22.5 Å². The van der Waals surface area contributed by atoms with Crippen molar-refractivity contribution in [1.82, 2.24) is 0 Å². The smallest absolute Gasteiger partial charge is 0.335 e. The maximum atomic E-state index is 10.9. The summed E-state index contributed by atoms with van der Waals surface area (Å²) in [6.45, 7) is 0.400. The van der Waals surface area contributed by atoms with Crippen LogP contribution in [0.25, 0.3) is 0 Å². The number of furan rings is 1. The van der Waals surface area contributed by atoms with Gasteiger partial charge in [-0.1, -0.05) is 0 Å². The van der Waals surface area contributed by atoms with E-state index < -0.39 is 10.9 Å². The second-order valence-electron chi connectivity index (χ2n) is 4.05. The number of nitrogens with one attached hydrogen (secondary N) is 1. The van der Waals surface area contributed by atoms with E-state index in [9.17, 15) is 14.9 Å². The summed E-state index contributed by atoms with van der Waals surface area (Å²) in [6, 6.07) is 7.19. The number of carboxylic acids is 1. The number of nitrogens with zero attached hydrogens (tertiary/aromatic N) is 1. The van der Waals surface area contributed by atoms with E-state index in [2.05, 4.69) is 5.32 Å². The summed E-state index contributed by atoms with van der Waals surface area (Å²) in [5.74, 6) is -0.386. The molecule has 2 N–H and O–H groups in total. The molecule has 0 radical (unpaired) electrons. The Morgan fingerprint density at radius 1 is 1.40 bits per heavy atom. The van der Waals surface area contributed by atoms with Crippen molar-refractivity contribution in [2.45, 2.75) is 6.42 Å². The predicted molar refractivity (Wildman–Crippen MR) is 71.0 cm³/mol. The Morgan fingerprint density at radius 2 is 2.20 bits per heavy atom. The fourth-order valence-corrected chi connectivity index (χ4v) is 1.75. The molecule has 1 aromatic heterocycles. The van der Waals surface area contributed by atoms with Crippen molar-refractivity contribution >= 4 is 17.3 Å². The molecule has 0 bridgehead atoms. The third-order valence-corrected chi connectivity index (χ3v) is 2.71. The van der Waals surface area contributed by atoms with E-state index in [0.717, 1.165) is 5.76 Å². The second-order valence-corrected chi connectivity index (χ2v) is 4.05. The van der Waals surface area contributed by atoms with Crippen molar-refractivity contribution in [2.24, 2.45) is 0 Å². The molecule has 1 heterocycles. The molecule has 2 aromatic rings. The van der Waals surface area contributed by atoms with Crippen molar-refractivity contribution in [3.05, 3.63) is 58.0 Å². The lowest BCUT2D eigenvalue weighted by atomic mass is 10.1. The molecule has 7 heteroatoms. The Kier molecular flexibility index (Phi) is 3.99. The Balaban J connectivity index is 2.13. The van der Waals surface area contributed by atoms with Gasteiger partial charge >= 0.3 is 5.97 Å². The average molecular weight is 276 g/mol. The Morgan fingerprint density at radius 3 is 2.80 bits per heavy atom. The number of hydrogen-bond donors (Lipinski definition) is 2. The van der Waals surface area contributed by atoms with E-state index in [1.54, 1.807) is 18.4 Å². The summed E-state index contributed by atoms with van der Waals surface area (Å²) in [5.41, 5.74) is 0.0204. The standard InChI is InChI=1S/C13H12N2O5/c16-13(17)9-3-4-12(15(18)19)11(8-9)14-6-5-10-2-1-7-20-10/h1-4,7-8,14H,5-6H2,(H,16,17). The van der Waals surface area contributed by atoms with Crippen LogP contribution in [0.4, 0.5) is 11.4 Å². The van der Waals surface area contributed by atoms with Gasteiger partial charge in [0, 0.05) is 19.0 Å². The molecule has 0 unspecified atom stereocenters. The number of nitro groups is 1. The van der Waals surface area contributed by atoms with E-state index in [0.29, 0.717) is 13.0 Å². The second kappa shape index (κ2) is 5.87. The molecule has 104 valence electrons. The molecule has 0 fully saturated rings. The van der Waals surface area contributed by atoms with Crippen molar-refractivity contribution in [1.29, 1.82) is 0 Å². The maximum absolute atomic E-state index is 10.9. The normalized spacial score (nSPS) is 10.2. The zero-order valence-corrected chi connectivity index (χ0v) is 10.4. The topological polar surface area (TPSA) is 106 Å². The highest BCUT2D eigenvalue weighted by molar-refractivity contribution is 5.90. The first-order valence-electron chi connectivity index (χ1n) is 5.86. The SMILES string of the molecule is O=C(O)c1ccc([N+](=O)[O-])c(NCCc2ccco2)c1. The van der Waals surface area contributed by atoms with Crippen LogP contribution in [0.1, 0.15) is 16.1 Å². The van der Waals surface area contributed by atoms with E-state index in [1.165, 1.54) is 18.2 Å². The van der Waals surface area contributed by atoms with Gasteiger partial charge in [0.2, 0.25) is 0 Å². The van der Waals surface area contributed by atoms with Crippen LogP contribution >= 0.6 is 0 Å². The number of anilines is 1. The summed E-state index contributed by atoms with van der Waals surface area (Å²) in [7, 11) is 0. The van der Waals surface area contributed by atoms with Crippen LogP contribution < -0.4 is 5.32 Å². The van der Waals surface area contributed by atoms with Gasteiger partial charge < -0.3 is 14.8 Å². The number of carbonyl (C=O) groups is 1. The molecular formula is C13H12N2O5. The number of carboxylic acid groups (broad SMARTS) is 1. The van der Waals surface area contributed by atoms with Crippen LogP contribution in [0.15, 0.2) is 41.0 Å². The van der Waals surface area contributed by atoms with Crippen LogP contribution in [0.2, 0.25) is 0 Å². The summed E-state index contributed by atoms with van der Waals surface area (Å²) in [4.78, 5) is 21.2. The molecule has 0 spiro atoms. The highest BCUT2D eigenvalue weighted by atomic mass is 16.6. The third-order valence-electron chi connectivity index (χ3n) is 2.71. The Bertz CT molecular complexity index is 622. The number of aromatic carboxylic acids is 1. The van der Waals surface area contributed by atoms with Gasteiger partial charge in [-0.25, -0.2) is 4.79 Å². The monoisotopic (exact) mass is 276 g/mol. The van der Waals surface area contributed by atoms with Gasteiger partial charge in [0.15, 0.2) is 0 Å². The molecule has 0 atom stereocenters. The quantitative estimate of drug-likeness (QED) is 0.620. The fraction of sp³-hybridized carbons (Fsp3) is 0.154.